The minimum atomic E-state index is -0.459. The number of carbonyl (C=O) groups is 2. The molecule has 1 aliphatic rings. The molecule has 1 saturated heterocycles. The minimum Gasteiger partial charge on any atom is -0.344 e. The fourth-order valence-corrected chi connectivity index (χ4v) is 2.74. The predicted molar refractivity (Wildman–Crippen MR) is 98.7 cm³/mol. The number of rotatable bonds is 5. The zero-order chi connectivity index (χ0) is 18.6. The number of nitrogens with one attached hydrogen (secondary N) is 3. The normalized spacial score (nSPS) is 16.0. The van der Waals surface area contributed by atoms with Gasteiger partial charge in [0.05, 0.1) is 0 Å². The van der Waals surface area contributed by atoms with E-state index in [1.807, 2.05) is 30.3 Å². The molecule has 4 rings (SSSR count). The van der Waals surface area contributed by atoms with Gasteiger partial charge in [-0.2, -0.15) is 5.10 Å². The highest BCUT2D eigenvalue weighted by Gasteiger charge is 2.27. The number of benzene rings is 1. The molecule has 3 aromatic rings. The zero-order valence-electron chi connectivity index (χ0n) is 14.3. The highest BCUT2D eigenvalue weighted by atomic mass is 16.2. The van der Waals surface area contributed by atoms with Crippen LogP contribution in [0.15, 0.2) is 54.9 Å². The van der Waals surface area contributed by atoms with Crippen LogP contribution in [0.5, 0.6) is 0 Å². The van der Waals surface area contributed by atoms with Crippen molar-refractivity contribution in [1.29, 1.82) is 0 Å². The Bertz CT molecular complexity index is 937. The molecule has 9 nitrogen and oxygen atoms in total. The molecule has 2 amide bonds. The molecular weight excluding hydrogens is 346 g/mol. The smallest absolute Gasteiger partial charge is 0.246 e. The van der Waals surface area contributed by atoms with Gasteiger partial charge in [-0.3, -0.25) is 9.59 Å². The molecule has 3 N–H and O–H groups in total. The largest absolute Gasteiger partial charge is 0.344 e. The van der Waals surface area contributed by atoms with Crippen molar-refractivity contribution in [2.75, 3.05) is 10.6 Å². The molecule has 136 valence electrons. The molecule has 27 heavy (non-hydrogen) atoms. The van der Waals surface area contributed by atoms with E-state index in [0.717, 1.165) is 5.69 Å². The topological polar surface area (TPSA) is 114 Å². The van der Waals surface area contributed by atoms with Crippen molar-refractivity contribution in [3.8, 4) is 5.82 Å². The summed E-state index contributed by atoms with van der Waals surface area (Å²) >= 11 is 0. The maximum Gasteiger partial charge on any atom is 0.246 e. The van der Waals surface area contributed by atoms with Gasteiger partial charge in [0, 0.05) is 30.2 Å². The first-order valence-electron chi connectivity index (χ1n) is 8.48. The number of carbonyl (C=O) groups excluding carboxylic acids is 2. The van der Waals surface area contributed by atoms with E-state index in [1.165, 1.54) is 0 Å². The Kier molecular flexibility index (Phi) is 4.48. The van der Waals surface area contributed by atoms with Gasteiger partial charge < -0.3 is 16.0 Å². The summed E-state index contributed by atoms with van der Waals surface area (Å²) in [5.41, 5.74) is 1.47. The second-order valence-electron chi connectivity index (χ2n) is 6.08. The first-order chi connectivity index (χ1) is 13.2. The van der Waals surface area contributed by atoms with E-state index in [1.54, 1.807) is 29.2 Å². The molecule has 1 aliphatic heterocycles. The molecule has 9 heteroatoms. The van der Waals surface area contributed by atoms with Crippen LogP contribution in [-0.2, 0) is 9.59 Å². The van der Waals surface area contributed by atoms with Gasteiger partial charge in [-0.05, 0) is 48.9 Å². The first-order valence-corrected chi connectivity index (χ1v) is 8.48. The maximum atomic E-state index is 12.1. The molecule has 0 unspecified atom stereocenters. The highest BCUT2D eigenvalue weighted by Crippen LogP contribution is 2.18. The molecule has 3 heterocycles. The fourth-order valence-electron chi connectivity index (χ4n) is 2.74. The van der Waals surface area contributed by atoms with Gasteiger partial charge >= 0.3 is 0 Å². The van der Waals surface area contributed by atoms with Crippen molar-refractivity contribution < 1.29 is 9.59 Å². The van der Waals surface area contributed by atoms with Crippen LogP contribution >= 0.6 is 0 Å². The van der Waals surface area contributed by atoms with Crippen LogP contribution < -0.4 is 16.0 Å². The highest BCUT2D eigenvalue weighted by molar-refractivity contribution is 5.99. The first kappa shape index (κ1) is 16.7. The SMILES string of the molecule is O=C1CC[C@H](C(=O)Nc2ccc(Nc3ccc(-n4cccn4)nn3)cc2)N1. The fraction of sp³-hybridized carbons (Fsp3) is 0.167. The van der Waals surface area contributed by atoms with Crippen LogP contribution in [0.25, 0.3) is 5.82 Å². The third-order valence-corrected chi connectivity index (χ3v) is 4.13. The number of anilines is 3. The third kappa shape index (κ3) is 3.92. The van der Waals surface area contributed by atoms with Crippen molar-refractivity contribution in [2.45, 2.75) is 18.9 Å². The van der Waals surface area contributed by atoms with Crippen LogP contribution in [-0.4, -0.2) is 37.8 Å². The Hall–Kier alpha value is -3.75. The Morgan fingerprint density at radius 3 is 2.56 bits per heavy atom. The van der Waals surface area contributed by atoms with E-state index in [9.17, 15) is 9.59 Å². The van der Waals surface area contributed by atoms with Crippen LogP contribution in [0, 0.1) is 0 Å². The lowest BCUT2D eigenvalue weighted by atomic mass is 10.2. The Labute approximate surface area is 154 Å². The summed E-state index contributed by atoms with van der Waals surface area (Å²) in [7, 11) is 0. The van der Waals surface area contributed by atoms with Gasteiger partial charge in [-0.15, -0.1) is 10.2 Å². The summed E-state index contributed by atoms with van der Waals surface area (Å²) in [4.78, 5) is 23.3. The Morgan fingerprint density at radius 1 is 1.11 bits per heavy atom. The van der Waals surface area contributed by atoms with Crippen LogP contribution in [0.4, 0.5) is 17.2 Å². The lowest BCUT2D eigenvalue weighted by Crippen LogP contribution is -2.37. The van der Waals surface area contributed by atoms with Crippen molar-refractivity contribution in [2.24, 2.45) is 0 Å². The molecule has 1 fully saturated rings. The number of hydrogen-bond donors (Lipinski definition) is 3. The van der Waals surface area contributed by atoms with Gasteiger partial charge in [0.1, 0.15) is 6.04 Å². The van der Waals surface area contributed by atoms with Crippen LogP contribution in [0.1, 0.15) is 12.8 Å². The molecular formula is C18H17N7O2. The lowest BCUT2D eigenvalue weighted by molar-refractivity contribution is -0.122. The van der Waals surface area contributed by atoms with E-state index >= 15 is 0 Å². The van der Waals surface area contributed by atoms with Gasteiger partial charge in [0.25, 0.3) is 0 Å². The molecule has 1 aromatic carbocycles. The number of aromatic nitrogens is 4. The molecule has 0 spiro atoms. The second kappa shape index (κ2) is 7.24. The quantitative estimate of drug-likeness (QED) is 0.635. The van der Waals surface area contributed by atoms with Gasteiger partial charge in [0.15, 0.2) is 11.6 Å². The van der Waals surface area contributed by atoms with Gasteiger partial charge in [-0.1, -0.05) is 0 Å². The zero-order valence-corrected chi connectivity index (χ0v) is 14.3. The van der Waals surface area contributed by atoms with Gasteiger partial charge in [-0.25, -0.2) is 4.68 Å². The summed E-state index contributed by atoms with van der Waals surface area (Å²) in [6.07, 6.45) is 4.38. The number of hydrogen-bond acceptors (Lipinski definition) is 6. The molecule has 2 aromatic heterocycles. The third-order valence-electron chi connectivity index (χ3n) is 4.13. The second-order valence-corrected chi connectivity index (χ2v) is 6.08. The van der Waals surface area contributed by atoms with Gasteiger partial charge in [0.2, 0.25) is 11.8 Å². The monoisotopic (exact) mass is 363 g/mol. The summed E-state index contributed by atoms with van der Waals surface area (Å²) in [6, 6.07) is 12.2. The average Bonchev–Trinajstić information content (AvgIpc) is 3.36. The minimum absolute atomic E-state index is 0.0885. The number of amides is 2. The molecule has 0 aliphatic carbocycles. The Balaban J connectivity index is 1.36. The van der Waals surface area contributed by atoms with Crippen LogP contribution in [0.2, 0.25) is 0 Å². The molecule has 1 atom stereocenters. The standard InChI is InChI=1S/C18H17N7O2/c26-17-9-6-14(22-17)18(27)21-13-4-2-12(3-5-13)20-15-7-8-16(24-23-15)25-11-1-10-19-25/h1-5,7-8,10-11,14H,6,9H2,(H,20,23)(H,21,27)(H,22,26)/t14-/m1/s1. The summed E-state index contributed by atoms with van der Waals surface area (Å²) in [5, 5.41) is 20.9. The van der Waals surface area contributed by atoms with Crippen molar-refractivity contribution in [3.05, 3.63) is 54.9 Å². The van der Waals surface area contributed by atoms with Crippen molar-refractivity contribution in [1.82, 2.24) is 25.3 Å². The van der Waals surface area contributed by atoms with E-state index in [2.05, 4.69) is 31.2 Å². The van der Waals surface area contributed by atoms with Crippen LogP contribution in [0.3, 0.4) is 0 Å². The van der Waals surface area contributed by atoms with Crippen molar-refractivity contribution in [3.63, 3.8) is 0 Å². The van der Waals surface area contributed by atoms with E-state index < -0.39 is 6.04 Å². The lowest BCUT2D eigenvalue weighted by Gasteiger charge is -2.11. The Morgan fingerprint density at radius 2 is 1.93 bits per heavy atom. The molecule has 0 saturated carbocycles. The predicted octanol–water partition coefficient (Wildman–Crippen LogP) is 1.62. The summed E-state index contributed by atoms with van der Waals surface area (Å²) in [5.74, 6) is 0.926. The van der Waals surface area contributed by atoms with E-state index in [-0.39, 0.29) is 11.8 Å². The van der Waals surface area contributed by atoms with Crippen molar-refractivity contribution >= 4 is 29.0 Å². The van der Waals surface area contributed by atoms with E-state index in [4.69, 9.17) is 0 Å². The summed E-state index contributed by atoms with van der Waals surface area (Å²) < 4.78 is 1.63. The molecule has 0 radical (unpaired) electrons. The average molecular weight is 363 g/mol. The summed E-state index contributed by atoms with van der Waals surface area (Å²) in [6.45, 7) is 0. The maximum absolute atomic E-state index is 12.1. The molecule has 0 bridgehead atoms. The van der Waals surface area contributed by atoms with E-state index in [0.29, 0.717) is 30.2 Å². The number of nitrogens with zero attached hydrogens (tertiary/aromatic N) is 4.